The number of epoxide rings is 1. The number of ether oxygens (including phenoxy) is 6. The molecule has 1 amide bonds. The quantitative estimate of drug-likeness (QED) is 0.0373. The van der Waals surface area contributed by atoms with Crippen LogP contribution >= 0.6 is 0 Å². The summed E-state index contributed by atoms with van der Waals surface area (Å²) in [7, 11) is 0. The molecule has 3 atom stereocenters. The molecule has 4 rings (SSSR count). The second-order valence-corrected chi connectivity index (χ2v) is 19.0. The third kappa shape index (κ3) is 22.6. The number of nitrogens with one attached hydrogen (secondary N) is 1. The summed E-state index contributed by atoms with van der Waals surface area (Å²) in [5, 5.41) is 3.15. The van der Waals surface area contributed by atoms with Crippen molar-refractivity contribution in [3.8, 4) is 53.3 Å². The molecule has 12 heteroatoms. The number of fused-ring (bicyclic) bond motifs is 1. The van der Waals surface area contributed by atoms with Crippen molar-refractivity contribution in [2.75, 3.05) is 19.8 Å². The highest BCUT2D eigenvalue weighted by atomic mass is 16.6. The fourth-order valence-corrected chi connectivity index (χ4v) is 6.28. The Morgan fingerprint density at radius 2 is 1.30 bits per heavy atom. The Labute approximate surface area is 411 Å². The first kappa shape index (κ1) is 57.4. The normalized spacial score (nSPS) is 19.0. The van der Waals surface area contributed by atoms with E-state index in [1.54, 1.807) is 26.0 Å². The van der Waals surface area contributed by atoms with Crippen LogP contribution in [0.15, 0.2) is 36.4 Å². The molecule has 2 saturated carbocycles. The molecule has 2 aliphatic carbocycles. The van der Waals surface area contributed by atoms with E-state index >= 15 is 0 Å². The standard InChI is InChI=1S/C30H33NO4.C13H22O3.C12H20O4.7H2/c1-5-7-8-9-10-11-12-23-34-26-18-13-24(14-19-26)15-22-28(32)35-27-20-16-25(17-21-27)31-29(33)30(3,4)6-2;1-4-13(2,3)12(14)15-8-9-5-6-10-11(7-9)16-10;1-6-12(4,5)11(14)16-8-7-15-10(13)9(2)3;;;;;;;/h13-14,18-19,25,27H,6,15-17,20-22H2,1-4H3,(H,31,33);9-11H,4-8H2,1-3H3;2,6-8H2,1,3-5H3;7*1H. The van der Waals surface area contributed by atoms with Crippen molar-refractivity contribution in [2.24, 2.45) is 22.2 Å². The molecule has 380 valence electrons. The van der Waals surface area contributed by atoms with Crippen LogP contribution in [0.4, 0.5) is 0 Å². The minimum Gasteiger partial charge on any atom is -0.465 e. The van der Waals surface area contributed by atoms with Crippen molar-refractivity contribution in [2.45, 2.75) is 178 Å². The first-order valence-corrected chi connectivity index (χ1v) is 23.7. The van der Waals surface area contributed by atoms with Crippen molar-refractivity contribution in [3.05, 3.63) is 42.0 Å². The number of benzene rings is 1. The Hall–Kier alpha value is -5.69. The molecule has 3 fully saturated rings. The van der Waals surface area contributed by atoms with E-state index in [9.17, 15) is 24.0 Å². The first-order valence-electron chi connectivity index (χ1n) is 23.7. The van der Waals surface area contributed by atoms with Crippen molar-refractivity contribution >= 4 is 29.8 Å². The highest BCUT2D eigenvalue weighted by Crippen LogP contribution is 2.39. The number of aryl methyl sites for hydroxylation is 1. The molecule has 0 aromatic heterocycles. The Morgan fingerprint density at radius 1 is 0.731 bits per heavy atom. The van der Waals surface area contributed by atoms with E-state index in [-0.39, 0.29) is 70.0 Å². The van der Waals surface area contributed by atoms with E-state index in [2.05, 4.69) is 59.4 Å². The second-order valence-electron chi connectivity index (χ2n) is 19.0. The van der Waals surface area contributed by atoms with Gasteiger partial charge in [0.2, 0.25) is 5.91 Å². The van der Waals surface area contributed by atoms with Crippen molar-refractivity contribution in [1.29, 1.82) is 0 Å². The molecule has 0 radical (unpaired) electrons. The van der Waals surface area contributed by atoms with Crippen LogP contribution in [0.5, 0.6) is 5.75 Å². The fourth-order valence-electron chi connectivity index (χ4n) is 6.28. The van der Waals surface area contributed by atoms with Gasteiger partial charge in [0.25, 0.3) is 0 Å². The smallest absolute Gasteiger partial charge is 0.333 e. The van der Waals surface area contributed by atoms with Crippen LogP contribution in [0.25, 0.3) is 0 Å². The van der Waals surface area contributed by atoms with Gasteiger partial charge in [-0.1, -0.05) is 59.3 Å². The Morgan fingerprint density at radius 3 is 1.87 bits per heavy atom. The topological polar surface area (TPSA) is 156 Å². The molecule has 1 heterocycles. The number of esters is 4. The van der Waals surface area contributed by atoms with Crippen LogP contribution in [0, 0.1) is 69.7 Å². The lowest BCUT2D eigenvalue weighted by Gasteiger charge is -2.31. The Balaban J connectivity index is -0.000000251. The van der Waals surface area contributed by atoms with Crippen molar-refractivity contribution in [3.63, 3.8) is 0 Å². The van der Waals surface area contributed by atoms with Crippen LogP contribution in [-0.4, -0.2) is 74.0 Å². The van der Waals surface area contributed by atoms with E-state index < -0.39 is 11.4 Å². The molecule has 1 N–H and O–H groups in total. The van der Waals surface area contributed by atoms with Crippen LogP contribution in [-0.2, 0) is 54.1 Å². The summed E-state index contributed by atoms with van der Waals surface area (Å²) in [6, 6.07) is 7.56. The van der Waals surface area contributed by atoms with Gasteiger partial charge in [0.1, 0.15) is 31.2 Å². The number of rotatable bonds is 18. The summed E-state index contributed by atoms with van der Waals surface area (Å²) in [5.74, 6) is 18.3. The zero-order chi connectivity index (χ0) is 50.0. The maximum absolute atomic E-state index is 12.4. The second kappa shape index (κ2) is 29.2. The molecule has 3 unspecified atom stereocenters. The molecule has 1 saturated heterocycles. The summed E-state index contributed by atoms with van der Waals surface area (Å²) in [5.41, 5.74) is 0.167. The van der Waals surface area contributed by atoms with Gasteiger partial charge in [-0.15, -0.1) is 0 Å². The van der Waals surface area contributed by atoms with E-state index in [1.807, 2.05) is 74.4 Å². The Bertz CT molecular complexity index is 2100. The minimum atomic E-state index is -0.488. The molecule has 67 heavy (non-hydrogen) atoms. The third-order valence-corrected chi connectivity index (χ3v) is 12.3. The molecule has 0 bridgehead atoms. The number of amides is 1. The molecule has 12 nitrogen and oxygen atoms in total. The van der Waals surface area contributed by atoms with Gasteiger partial charge in [-0.05, 0) is 154 Å². The summed E-state index contributed by atoms with van der Waals surface area (Å²) in [6.45, 7) is 24.8. The van der Waals surface area contributed by atoms with Gasteiger partial charge in [0.15, 0.2) is 0 Å². The zero-order valence-electron chi connectivity index (χ0n) is 42.0. The van der Waals surface area contributed by atoms with E-state index in [0.717, 1.165) is 63.4 Å². The van der Waals surface area contributed by atoms with Gasteiger partial charge in [-0.3, -0.25) is 19.2 Å². The maximum atomic E-state index is 12.4. The van der Waals surface area contributed by atoms with Gasteiger partial charge in [0, 0.05) is 51.2 Å². The molecule has 0 spiro atoms. The van der Waals surface area contributed by atoms with Gasteiger partial charge < -0.3 is 33.7 Å². The van der Waals surface area contributed by atoms with E-state index in [4.69, 9.17) is 28.4 Å². The molecule has 1 aliphatic heterocycles. The molecular weight excluding hydrogens is 851 g/mol. The highest BCUT2D eigenvalue weighted by molar-refractivity contribution is 5.87. The summed E-state index contributed by atoms with van der Waals surface area (Å²) in [6.07, 6.45) is 13.3. The van der Waals surface area contributed by atoms with Gasteiger partial charge in [-0.2, -0.15) is 0 Å². The van der Waals surface area contributed by atoms with Crippen LogP contribution in [0.3, 0.4) is 0 Å². The fraction of sp³-hybridized carbons (Fsp3) is 0.618. The number of carbonyl (C=O) groups is 5. The zero-order valence-corrected chi connectivity index (χ0v) is 42.0. The van der Waals surface area contributed by atoms with Crippen LogP contribution in [0.2, 0.25) is 0 Å². The summed E-state index contributed by atoms with van der Waals surface area (Å²) >= 11 is 0. The predicted molar refractivity (Wildman–Crippen MR) is 273 cm³/mol. The molecule has 1 aromatic rings. The Kier molecular flexibility index (Phi) is 25.0. The SMILES string of the molecule is C=C(C)C(=O)OCCOC(=O)C(C)(C)CC.CC#CC#CC#CC#COc1ccc(CCC(=O)OC2CCC(NC(=O)C(C)(C)CC)CC2)cc1.CCC(C)(C)C(=O)OCC1CCC2OC2C1.[HH].[HH].[HH].[HH].[HH].[HH].[HH]. The van der Waals surface area contributed by atoms with Crippen LogP contribution in [0.1, 0.15) is 162 Å². The van der Waals surface area contributed by atoms with Gasteiger partial charge >= 0.3 is 23.9 Å². The molecule has 3 aliphatic rings. The highest BCUT2D eigenvalue weighted by Gasteiger charge is 2.44. The first-order chi connectivity index (χ1) is 31.7. The van der Waals surface area contributed by atoms with Crippen LogP contribution < -0.4 is 10.1 Å². The average molecular weight is 940 g/mol. The third-order valence-electron chi connectivity index (χ3n) is 12.3. The molecular formula is C55H89NO11. The number of carbonyl (C=O) groups excluding carboxylic acids is 5. The van der Waals surface area contributed by atoms with E-state index in [0.29, 0.717) is 55.3 Å². The monoisotopic (exact) mass is 940 g/mol. The van der Waals surface area contributed by atoms with E-state index in [1.165, 1.54) is 0 Å². The van der Waals surface area contributed by atoms with Crippen molar-refractivity contribution < 1.29 is 62.4 Å². The molecule has 1 aromatic carbocycles. The van der Waals surface area contributed by atoms with Gasteiger partial charge in [-0.25, -0.2) is 4.79 Å². The van der Waals surface area contributed by atoms with Gasteiger partial charge in [0.05, 0.1) is 29.6 Å². The predicted octanol–water partition coefficient (Wildman–Crippen LogP) is 10.7. The lowest BCUT2D eigenvalue weighted by molar-refractivity contribution is -0.158. The minimum absolute atomic E-state index is 0. The largest absolute Gasteiger partial charge is 0.465 e. The number of hydrogen-bond donors (Lipinski definition) is 1. The number of hydrogen-bond acceptors (Lipinski definition) is 11. The lowest BCUT2D eigenvalue weighted by Crippen LogP contribution is -2.45. The summed E-state index contributed by atoms with van der Waals surface area (Å²) in [4.78, 5) is 58.9. The maximum Gasteiger partial charge on any atom is 0.333 e. The lowest BCUT2D eigenvalue weighted by atomic mass is 9.87. The van der Waals surface area contributed by atoms with Crippen molar-refractivity contribution in [1.82, 2.24) is 5.32 Å². The average Bonchev–Trinajstić information content (AvgIpc) is 4.10. The summed E-state index contributed by atoms with van der Waals surface area (Å²) < 4.78 is 31.6.